The Bertz CT molecular complexity index is 1370. The van der Waals surface area contributed by atoms with Crippen molar-refractivity contribution in [1.29, 1.82) is 0 Å². The number of rotatable bonds is 5. The summed E-state index contributed by atoms with van der Waals surface area (Å²) in [6.45, 7) is 0.806. The molecule has 1 heterocycles. The van der Waals surface area contributed by atoms with E-state index in [1.807, 2.05) is 0 Å². The molecule has 0 spiro atoms. The summed E-state index contributed by atoms with van der Waals surface area (Å²) in [4.78, 5) is 39.0. The van der Waals surface area contributed by atoms with Crippen LogP contribution in [0.15, 0.2) is 77.7 Å². The van der Waals surface area contributed by atoms with Gasteiger partial charge in [-0.15, -0.1) is 0 Å². The monoisotopic (exact) mass is 466 g/mol. The van der Waals surface area contributed by atoms with E-state index >= 15 is 0 Å². The van der Waals surface area contributed by atoms with Gasteiger partial charge in [0.15, 0.2) is 17.6 Å². The van der Waals surface area contributed by atoms with Crippen LogP contribution in [0, 0.1) is 12.7 Å². The van der Waals surface area contributed by atoms with Gasteiger partial charge in [0.05, 0.1) is 11.4 Å². The molecule has 33 heavy (non-hydrogen) atoms. The summed E-state index contributed by atoms with van der Waals surface area (Å²) in [6.07, 6.45) is 0. The smallest absolute Gasteiger partial charge is 0.245 e. The number of hydrogen-bond acceptors (Lipinski definition) is 5. The molecule has 7 nitrogen and oxygen atoms in total. The van der Waals surface area contributed by atoms with Crippen LogP contribution in [0.5, 0.6) is 0 Å². The predicted molar refractivity (Wildman–Crippen MR) is 119 cm³/mol. The molecular weight excluding hydrogens is 447 g/mol. The van der Waals surface area contributed by atoms with Crippen LogP contribution < -0.4 is 5.32 Å². The summed E-state index contributed by atoms with van der Waals surface area (Å²) in [7, 11) is -4.35. The first kappa shape index (κ1) is 22.5. The van der Waals surface area contributed by atoms with Crippen molar-refractivity contribution in [3.8, 4) is 0 Å². The van der Waals surface area contributed by atoms with E-state index in [1.54, 1.807) is 25.1 Å². The molecule has 1 aliphatic rings. The van der Waals surface area contributed by atoms with Gasteiger partial charge in [-0.2, -0.15) is 4.31 Å². The van der Waals surface area contributed by atoms with Crippen LogP contribution in [-0.2, 0) is 14.8 Å². The van der Waals surface area contributed by atoms with E-state index in [-0.39, 0.29) is 21.7 Å². The summed E-state index contributed by atoms with van der Waals surface area (Å²) in [5.74, 6) is -2.70. The number of carbonyl (C=O) groups is 3. The van der Waals surface area contributed by atoms with Crippen molar-refractivity contribution in [2.24, 2.45) is 0 Å². The Morgan fingerprint density at radius 2 is 1.67 bits per heavy atom. The van der Waals surface area contributed by atoms with E-state index in [1.165, 1.54) is 48.5 Å². The number of nitrogens with one attached hydrogen (secondary N) is 1. The Labute approximate surface area is 189 Å². The van der Waals surface area contributed by atoms with E-state index in [0.717, 1.165) is 6.07 Å². The predicted octanol–water partition coefficient (Wildman–Crippen LogP) is 3.21. The van der Waals surface area contributed by atoms with Crippen LogP contribution in [0.4, 0.5) is 10.1 Å². The number of Topliss-reactive ketones (excluding diaryl/α,β-unsaturated/α-hetero) is 2. The zero-order chi connectivity index (χ0) is 23.8. The first-order chi connectivity index (χ1) is 15.7. The summed E-state index contributed by atoms with van der Waals surface area (Å²) >= 11 is 0. The first-order valence-corrected chi connectivity index (χ1v) is 11.4. The second-order valence-electron chi connectivity index (χ2n) is 7.55. The fraction of sp³-hybridized carbons (Fsp3) is 0.125. The van der Waals surface area contributed by atoms with Crippen molar-refractivity contribution >= 4 is 33.2 Å². The van der Waals surface area contributed by atoms with Crippen molar-refractivity contribution in [2.75, 3.05) is 11.9 Å². The van der Waals surface area contributed by atoms with Crippen molar-refractivity contribution < 1.29 is 27.2 Å². The number of benzene rings is 3. The Morgan fingerprint density at radius 3 is 2.36 bits per heavy atom. The quantitative estimate of drug-likeness (QED) is 0.460. The molecule has 168 valence electrons. The zero-order valence-electron chi connectivity index (χ0n) is 17.5. The number of ketones is 2. The van der Waals surface area contributed by atoms with Crippen molar-refractivity contribution in [2.45, 2.75) is 17.9 Å². The first-order valence-electron chi connectivity index (χ1n) is 10.0. The van der Waals surface area contributed by atoms with Gasteiger partial charge in [0.25, 0.3) is 0 Å². The average Bonchev–Trinajstić information content (AvgIpc) is 2.80. The molecule has 0 saturated carbocycles. The molecule has 0 radical (unpaired) electrons. The number of carbonyl (C=O) groups excluding carboxylic acids is 3. The molecule has 0 bridgehead atoms. The van der Waals surface area contributed by atoms with E-state index in [0.29, 0.717) is 9.87 Å². The summed E-state index contributed by atoms with van der Waals surface area (Å²) in [5.41, 5.74) is 0.764. The van der Waals surface area contributed by atoms with Gasteiger partial charge in [-0.25, -0.2) is 12.8 Å². The van der Waals surface area contributed by atoms with E-state index in [9.17, 15) is 27.2 Å². The molecule has 0 saturated heterocycles. The molecule has 1 amide bonds. The van der Waals surface area contributed by atoms with E-state index in [4.69, 9.17) is 0 Å². The lowest BCUT2D eigenvalue weighted by Gasteiger charge is -2.33. The second kappa shape index (κ2) is 8.68. The van der Waals surface area contributed by atoms with Gasteiger partial charge in [-0.1, -0.05) is 42.5 Å². The Kier molecular flexibility index (Phi) is 5.92. The van der Waals surface area contributed by atoms with Crippen LogP contribution in [0.1, 0.15) is 26.3 Å². The van der Waals surface area contributed by atoms with Gasteiger partial charge in [0.2, 0.25) is 15.9 Å². The second-order valence-corrected chi connectivity index (χ2v) is 9.41. The molecule has 9 heteroatoms. The highest BCUT2D eigenvalue weighted by atomic mass is 32.2. The molecule has 1 N–H and O–H groups in total. The number of aryl methyl sites for hydroxylation is 1. The van der Waals surface area contributed by atoms with Crippen molar-refractivity contribution in [3.63, 3.8) is 0 Å². The highest BCUT2D eigenvalue weighted by Crippen LogP contribution is 2.31. The third-order valence-electron chi connectivity index (χ3n) is 5.34. The van der Waals surface area contributed by atoms with Crippen LogP contribution in [0.3, 0.4) is 0 Å². The Hall–Kier alpha value is -3.69. The maximum atomic E-state index is 13.4. The fourth-order valence-electron chi connectivity index (χ4n) is 3.72. The number of hydrogen-bond donors (Lipinski definition) is 1. The third kappa shape index (κ3) is 4.20. The minimum Gasteiger partial charge on any atom is -0.325 e. The zero-order valence-corrected chi connectivity index (χ0v) is 18.3. The molecule has 1 unspecified atom stereocenters. The highest BCUT2D eigenvalue weighted by molar-refractivity contribution is 7.89. The Morgan fingerprint density at radius 1 is 1.00 bits per heavy atom. The minimum absolute atomic E-state index is 0.0992. The molecule has 1 aliphatic heterocycles. The fourth-order valence-corrected chi connectivity index (χ4v) is 5.43. The molecule has 3 aromatic carbocycles. The third-order valence-corrected chi connectivity index (χ3v) is 7.21. The number of nitrogens with zero attached hydrogens (tertiary/aromatic N) is 1. The van der Waals surface area contributed by atoms with Crippen LogP contribution in [0.2, 0.25) is 0 Å². The van der Waals surface area contributed by atoms with E-state index in [2.05, 4.69) is 5.32 Å². The topological polar surface area (TPSA) is 101 Å². The molecular formula is C24H19FN2O5S. The number of sulfonamides is 1. The van der Waals surface area contributed by atoms with Crippen molar-refractivity contribution in [3.05, 3.63) is 95.3 Å². The largest absolute Gasteiger partial charge is 0.325 e. The molecule has 1 atom stereocenters. The maximum absolute atomic E-state index is 13.4. The van der Waals surface area contributed by atoms with Gasteiger partial charge < -0.3 is 5.32 Å². The molecule has 0 aliphatic carbocycles. The molecule has 0 aromatic heterocycles. The van der Waals surface area contributed by atoms with E-state index < -0.39 is 45.9 Å². The number of fused-ring (bicyclic) bond motifs is 1. The molecule has 4 rings (SSSR count). The molecule has 0 fully saturated rings. The summed E-state index contributed by atoms with van der Waals surface area (Å²) in [5, 5.41) is 2.53. The maximum Gasteiger partial charge on any atom is 0.245 e. The molecule has 3 aromatic rings. The minimum atomic E-state index is -4.35. The van der Waals surface area contributed by atoms with Gasteiger partial charge in [0.1, 0.15) is 5.82 Å². The number of amides is 1. The van der Waals surface area contributed by atoms with Crippen LogP contribution in [-0.4, -0.2) is 42.8 Å². The van der Waals surface area contributed by atoms with Gasteiger partial charge >= 0.3 is 0 Å². The summed E-state index contributed by atoms with van der Waals surface area (Å²) < 4.78 is 40.8. The van der Waals surface area contributed by atoms with Gasteiger partial charge in [-0.05, 0) is 42.8 Å². The average molecular weight is 466 g/mol. The van der Waals surface area contributed by atoms with Crippen molar-refractivity contribution in [1.82, 2.24) is 4.31 Å². The summed E-state index contributed by atoms with van der Waals surface area (Å²) in [6, 6.07) is 15.4. The highest BCUT2D eigenvalue weighted by Gasteiger charge is 2.48. The van der Waals surface area contributed by atoms with Gasteiger partial charge in [-0.3, -0.25) is 14.4 Å². The Balaban J connectivity index is 1.74. The number of halogens is 1. The number of anilines is 1. The lowest BCUT2D eigenvalue weighted by atomic mass is 9.96. The van der Waals surface area contributed by atoms with Crippen LogP contribution in [0.25, 0.3) is 0 Å². The SMILES string of the molecule is Cc1cc(F)ccc1NC(=O)CN1C(C(=O)c2ccccc2)C(=O)c2ccccc2S1(=O)=O. The van der Waals surface area contributed by atoms with Crippen LogP contribution >= 0.6 is 0 Å². The standard InChI is InChI=1S/C24H19FN2O5S/c1-15-13-17(25)11-12-19(15)26-21(28)14-27-22(23(29)16-7-3-2-4-8-16)24(30)18-9-5-6-10-20(18)33(27,31)32/h2-13,22H,14H2,1H3,(H,26,28). The lowest BCUT2D eigenvalue weighted by Crippen LogP contribution is -2.55. The normalized spacial score (nSPS) is 17.3. The van der Waals surface area contributed by atoms with Gasteiger partial charge in [0, 0.05) is 16.8 Å². The lowest BCUT2D eigenvalue weighted by molar-refractivity contribution is -0.116.